The van der Waals surface area contributed by atoms with Gasteiger partial charge >= 0.3 is 0 Å². The van der Waals surface area contributed by atoms with E-state index in [1.807, 2.05) is 36.4 Å². The van der Waals surface area contributed by atoms with E-state index in [4.69, 9.17) is 4.18 Å². The van der Waals surface area contributed by atoms with Crippen molar-refractivity contribution in [1.82, 2.24) is 0 Å². The first-order chi connectivity index (χ1) is 6.42. The van der Waals surface area contributed by atoms with Gasteiger partial charge in [-0.3, -0.25) is 0 Å². The Hall–Kier alpha value is -1.35. The Kier molecular flexibility index (Phi) is 2.27. The zero-order valence-electron chi connectivity index (χ0n) is 6.81. The molecular weight excluding hydrogens is 184 g/mol. The molecule has 0 spiro atoms. The van der Waals surface area contributed by atoms with Crippen LogP contribution in [0, 0.1) is 0 Å². The summed E-state index contributed by atoms with van der Waals surface area (Å²) in [6, 6.07) is 13.5. The highest BCUT2D eigenvalue weighted by Crippen LogP contribution is 2.24. The standard InChI is InChI=1S/C10H8O2S/c11-13-12-10-7-3-5-8-4-1-2-6-9(8)10/h1-7,13H. The zero-order valence-corrected chi connectivity index (χ0v) is 7.70. The second-order valence-corrected chi connectivity index (χ2v) is 2.97. The minimum Gasteiger partial charge on any atom is -0.402 e. The van der Waals surface area contributed by atoms with E-state index in [0.717, 1.165) is 10.8 Å². The van der Waals surface area contributed by atoms with Gasteiger partial charge in [0.15, 0.2) is 11.9 Å². The average Bonchev–Trinajstić information content (AvgIpc) is 2.19. The van der Waals surface area contributed by atoms with Gasteiger partial charge in [-0.25, -0.2) is 4.21 Å². The second kappa shape index (κ2) is 3.58. The molecule has 0 atom stereocenters. The van der Waals surface area contributed by atoms with Crippen molar-refractivity contribution in [3.63, 3.8) is 0 Å². The van der Waals surface area contributed by atoms with Crippen LogP contribution in [0.2, 0.25) is 0 Å². The normalized spacial score (nSPS) is 10.2. The lowest BCUT2D eigenvalue weighted by atomic mass is 10.1. The summed E-state index contributed by atoms with van der Waals surface area (Å²) in [5.74, 6) is 0.648. The van der Waals surface area contributed by atoms with Gasteiger partial charge < -0.3 is 4.18 Å². The smallest absolute Gasteiger partial charge is 0.193 e. The highest BCUT2D eigenvalue weighted by molar-refractivity contribution is 7.60. The fourth-order valence-electron chi connectivity index (χ4n) is 1.32. The van der Waals surface area contributed by atoms with Crippen molar-refractivity contribution in [2.45, 2.75) is 0 Å². The van der Waals surface area contributed by atoms with Crippen molar-refractivity contribution in [2.75, 3.05) is 0 Å². The topological polar surface area (TPSA) is 26.3 Å². The maximum absolute atomic E-state index is 10.3. The third kappa shape index (κ3) is 1.55. The summed E-state index contributed by atoms with van der Waals surface area (Å²) >= 11 is -0.316. The molecule has 0 N–H and O–H groups in total. The van der Waals surface area contributed by atoms with Gasteiger partial charge in [0.25, 0.3) is 0 Å². The number of thiol groups is 1. The molecule has 0 radical (unpaired) electrons. The van der Waals surface area contributed by atoms with Crippen LogP contribution >= 0.6 is 0 Å². The first-order valence-corrected chi connectivity index (χ1v) is 4.62. The molecule has 0 saturated heterocycles. The molecule has 0 unspecified atom stereocenters. The number of hydrogen-bond donors (Lipinski definition) is 1. The van der Waals surface area contributed by atoms with E-state index in [0.29, 0.717) is 5.75 Å². The molecule has 0 fully saturated rings. The lowest BCUT2D eigenvalue weighted by Crippen LogP contribution is -1.84. The van der Waals surface area contributed by atoms with E-state index in [9.17, 15) is 4.21 Å². The summed E-state index contributed by atoms with van der Waals surface area (Å²) in [4.78, 5) is 0. The summed E-state index contributed by atoms with van der Waals surface area (Å²) in [5.41, 5.74) is 0. The van der Waals surface area contributed by atoms with Gasteiger partial charge in [0.2, 0.25) is 0 Å². The van der Waals surface area contributed by atoms with Crippen LogP contribution < -0.4 is 4.18 Å². The van der Waals surface area contributed by atoms with Crippen LogP contribution in [-0.2, 0) is 11.9 Å². The van der Waals surface area contributed by atoms with E-state index >= 15 is 0 Å². The SMILES string of the molecule is O=[SH]Oc1cccc2ccccc12. The number of fused-ring (bicyclic) bond motifs is 1. The summed E-state index contributed by atoms with van der Waals surface area (Å²) in [5, 5.41) is 2.07. The zero-order chi connectivity index (χ0) is 9.10. The van der Waals surface area contributed by atoms with E-state index in [-0.39, 0.29) is 11.9 Å². The maximum atomic E-state index is 10.3. The van der Waals surface area contributed by atoms with Crippen LogP contribution in [-0.4, -0.2) is 4.21 Å². The van der Waals surface area contributed by atoms with Crippen LogP contribution in [0.1, 0.15) is 0 Å². The third-order valence-corrected chi connectivity index (χ3v) is 2.16. The van der Waals surface area contributed by atoms with Crippen molar-refractivity contribution < 1.29 is 8.39 Å². The molecule has 0 aliphatic carbocycles. The van der Waals surface area contributed by atoms with E-state index in [1.54, 1.807) is 6.07 Å². The Morgan fingerprint density at radius 2 is 1.77 bits per heavy atom. The highest BCUT2D eigenvalue weighted by atomic mass is 32.2. The molecular formula is C10H8O2S. The maximum Gasteiger partial charge on any atom is 0.193 e. The molecule has 2 aromatic rings. The summed E-state index contributed by atoms with van der Waals surface area (Å²) in [7, 11) is 0. The molecule has 0 saturated carbocycles. The van der Waals surface area contributed by atoms with Crippen molar-refractivity contribution in [2.24, 2.45) is 0 Å². The summed E-state index contributed by atoms with van der Waals surface area (Å²) in [6.45, 7) is 0. The van der Waals surface area contributed by atoms with E-state index in [1.165, 1.54) is 0 Å². The quantitative estimate of drug-likeness (QED) is 0.737. The Labute approximate surface area is 79.8 Å². The van der Waals surface area contributed by atoms with E-state index in [2.05, 4.69) is 0 Å². The first-order valence-electron chi connectivity index (χ1n) is 3.89. The highest BCUT2D eigenvalue weighted by Gasteiger charge is 1.98. The van der Waals surface area contributed by atoms with Gasteiger partial charge in [-0.05, 0) is 11.5 Å². The molecule has 0 amide bonds. The van der Waals surface area contributed by atoms with Gasteiger partial charge in [0, 0.05) is 5.39 Å². The largest absolute Gasteiger partial charge is 0.402 e. The summed E-state index contributed by atoms with van der Waals surface area (Å²) < 4.78 is 15.2. The minimum absolute atomic E-state index is 0.316. The monoisotopic (exact) mass is 192 g/mol. The Morgan fingerprint density at radius 3 is 2.62 bits per heavy atom. The minimum atomic E-state index is -0.316. The molecule has 2 rings (SSSR count). The molecule has 0 bridgehead atoms. The molecule has 2 aromatic carbocycles. The lowest BCUT2D eigenvalue weighted by Gasteiger charge is -2.01. The van der Waals surface area contributed by atoms with Gasteiger partial charge in [0.05, 0.1) is 0 Å². The molecule has 66 valence electrons. The predicted octanol–water partition coefficient (Wildman–Crippen LogP) is 2.08. The molecule has 2 nitrogen and oxygen atoms in total. The molecule has 13 heavy (non-hydrogen) atoms. The molecule has 0 aliphatic heterocycles. The molecule has 3 heteroatoms. The number of rotatable bonds is 2. The summed E-state index contributed by atoms with van der Waals surface area (Å²) in [6.07, 6.45) is 0. The Balaban J connectivity index is 2.68. The van der Waals surface area contributed by atoms with Crippen LogP contribution in [0.3, 0.4) is 0 Å². The van der Waals surface area contributed by atoms with Gasteiger partial charge in [0.1, 0.15) is 5.75 Å². The lowest BCUT2D eigenvalue weighted by molar-refractivity contribution is 0.586. The molecule has 0 aromatic heterocycles. The van der Waals surface area contributed by atoms with Gasteiger partial charge in [-0.15, -0.1) is 0 Å². The second-order valence-electron chi connectivity index (χ2n) is 2.64. The Morgan fingerprint density at radius 1 is 1.00 bits per heavy atom. The van der Waals surface area contributed by atoms with Gasteiger partial charge in [-0.2, -0.15) is 0 Å². The Bertz CT molecular complexity index is 434. The first kappa shape index (κ1) is 8.26. The van der Waals surface area contributed by atoms with Crippen molar-refractivity contribution in [3.8, 4) is 5.75 Å². The van der Waals surface area contributed by atoms with Crippen LogP contribution in [0.4, 0.5) is 0 Å². The van der Waals surface area contributed by atoms with Crippen molar-refractivity contribution in [1.29, 1.82) is 0 Å². The average molecular weight is 192 g/mol. The predicted molar refractivity (Wildman–Crippen MR) is 54.1 cm³/mol. The van der Waals surface area contributed by atoms with Crippen LogP contribution in [0.15, 0.2) is 42.5 Å². The number of hydrogen-bond acceptors (Lipinski definition) is 2. The van der Waals surface area contributed by atoms with Crippen LogP contribution in [0.25, 0.3) is 10.8 Å². The van der Waals surface area contributed by atoms with Crippen molar-refractivity contribution >= 4 is 22.7 Å². The van der Waals surface area contributed by atoms with Crippen LogP contribution in [0.5, 0.6) is 5.75 Å². The molecule has 0 heterocycles. The number of benzene rings is 2. The van der Waals surface area contributed by atoms with E-state index < -0.39 is 0 Å². The molecule has 0 aliphatic rings. The van der Waals surface area contributed by atoms with Gasteiger partial charge in [-0.1, -0.05) is 36.4 Å². The fourth-order valence-corrected chi connectivity index (χ4v) is 1.55. The van der Waals surface area contributed by atoms with Crippen molar-refractivity contribution in [3.05, 3.63) is 42.5 Å². The fraction of sp³-hybridized carbons (Fsp3) is 0. The third-order valence-electron chi connectivity index (χ3n) is 1.89.